The van der Waals surface area contributed by atoms with Gasteiger partial charge in [0.2, 0.25) is 0 Å². The molecule has 19 heavy (non-hydrogen) atoms. The topological polar surface area (TPSA) is 64.2 Å². The van der Waals surface area contributed by atoms with Crippen molar-refractivity contribution in [3.8, 4) is 0 Å². The number of hydrogen-bond acceptors (Lipinski definition) is 5. The quantitative estimate of drug-likeness (QED) is 0.663. The molecular formula is C14H10N4S. The second-order valence-electron chi connectivity index (χ2n) is 4.35. The second-order valence-corrected chi connectivity index (χ2v) is 5.35. The van der Waals surface area contributed by atoms with Gasteiger partial charge in [0.1, 0.15) is 16.2 Å². The zero-order valence-electron chi connectivity index (χ0n) is 10.00. The third-order valence-corrected chi connectivity index (χ3v) is 4.24. The molecule has 4 nitrogen and oxygen atoms in total. The molecule has 2 aromatic heterocycles. The maximum absolute atomic E-state index is 5.99. The smallest absolute Gasteiger partial charge is 0.143 e. The minimum absolute atomic E-state index is 0.553. The summed E-state index contributed by atoms with van der Waals surface area (Å²) >= 11 is 1.56. The van der Waals surface area contributed by atoms with Crippen molar-refractivity contribution in [3.63, 3.8) is 0 Å². The zero-order chi connectivity index (χ0) is 12.8. The van der Waals surface area contributed by atoms with Crippen LogP contribution in [-0.4, -0.2) is 16.2 Å². The lowest BCUT2D eigenvalue weighted by Crippen LogP contribution is -2.23. The van der Waals surface area contributed by atoms with E-state index in [1.54, 1.807) is 11.3 Å². The van der Waals surface area contributed by atoms with Crippen molar-refractivity contribution in [2.75, 3.05) is 0 Å². The fourth-order valence-electron chi connectivity index (χ4n) is 2.25. The average molecular weight is 266 g/mol. The molecule has 1 aromatic carbocycles. The van der Waals surface area contributed by atoms with Crippen molar-refractivity contribution >= 4 is 50.8 Å². The number of hydrogen-bond donors (Lipinski definition) is 1. The van der Waals surface area contributed by atoms with Crippen LogP contribution in [0.5, 0.6) is 0 Å². The Morgan fingerprint density at radius 2 is 1.89 bits per heavy atom. The monoisotopic (exact) mass is 266 g/mol. The molecule has 0 fully saturated rings. The number of para-hydroxylation sites is 2. The van der Waals surface area contributed by atoms with Gasteiger partial charge < -0.3 is 5.73 Å². The normalized spacial score (nSPS) is 14.4. The highest BCUT2D eigenvalue weighted by atomic mass is 32.1. The summed E-state index contributed by atoms with van der Waals surface area (Å²) in [6.07, 6.45) is 4.71. The third kappa shape index (κ3) is 1.55. The van der Waals surface area contributed by atoms with Crippen LogP contribution in [0.3, 0.4) is 0 Å². The number of nitrogens with two attached hydrogens (primary N) is 1. The van der Waals surface area contributed by atoms with Crippen LogP contribution < -0.4 is 15.5 Å². The third-order valence-electron chi connectivity index (χ3n) is 3.13. The number of benzene rings is 1. The molecule has 1 aliphatic rings. The minimum Gasteiger partial charge on any atom is -0.383 e. The number of thiophene rings is 1. The van der Waals surface area contributed by atoms with Gasteiger partial charge in [-0.3, -0.25) is 0 Å². The molecule has 0 aliphatic carbocycles. The van der Waals surface area contributed by atoms with Crippen molar-refractivity contribution in [2.24, 2.45) is 10.7 Å². The Morgan fingerprint density at radius 1 is 1.11 bits per heavy atom. The van der Waals surface area contributed by atoms with Gasteiger partial charge in [-0.15, -0.1) is 11.3 Å². The lowest BCUT2D eigenvalue weighted by molar-refractivity contribution is 1.40. The summed E-state index contributed by atoms with van der Waals surface area (Å²) in [5.41, 5.74) is 8.73. The summed E-state index contributed by atoms with van der Waals surface area (Å²) in [6, 6.07) is 7.90. The van der Waals surface area contributed by atoms with Gasteiger partial charge in [-0.05, 0) is 12.1 Å². The van der Waals surface area contributed by atoms with Gasteiger partial charge in [0, 0.05) is 17.9 Å². The zero-order valence-corrected chi connectivity index (χ0v) is 10.8. The molecular weight excluding hydrogens is 256 g/mol. The molecule has 4 rings (SSSR count). The number of aliphatic imine (C=N–C) groups is 1. The molecule has 0 radical (unpaired) electrons. The first-order valence-corrected chi connectivity index (χ1v) is 6.82. The highest BCUT2D eigenvalue weighted by molar-refractivity contribution is 7.16. The molecule has 0 atom stereocenters. The fraction of sp³-hybridized carbons (Fsp3) is 0.0714. The largest absolute Gasteiger partial charge is 0.383 e. The average Bonchev–Trinajstić information content (AvgIpc) is 2.68. The maximum atomic E-state index is 5.99. The Bertz CT molecular complexity index is 953. The Hall–Kier alpha value is -2.27. The minimum atomic E-state index is 0.553. The molecule has 0 spiro atoms. The molecule has 2 N–H and O–H groups in total. The highest BCUT2D eigenvalue weighted by Crippen LogP contribution is 2.15. The van der Waals surface area contributed by atoms with Crippen molar-refractivity contribution in [2.45, 2.75) is 6.42 Å². The summed E-state index contributed by atoms with van der Waals surface area (Å²) in [5, 5.41) is 1.06. The molecule has 1 aliphatic heterocycles. The maximum Gasteiger partial charge on any atom is 0.143 e. The van der Waals surface area contributed by atoms with Gasteiger partial charge in [-0.2, -0.15) is 0 Å². The highest BCUT2D eigenvalue weighted by Gasteiger charge is 2.09. The van der Waals surface area contributed by atoms with E-state index in [2.05, 4.69) is 16.1 Å². The van der Waals surface area contributed by atoms with Gasteiger partial charge in [-0.1, -0.05) is 18.2 Å². The van der Waals surface area contributed by atoms with Crippen LogP contribution in [-0.2, 0) is 0 Å². The van der Waals surface area contributed by atoms with Gasteiger partial charge >= 0.3 is 0 Å². The molecule has 5 heteroatoms. The summed E-state index contributed by atoms with van der Waals surface area (Å²) in [6.45, 7) is 0. The first-order valence-electron chi connectivity index (χ1n) is 6.01. The van der Waals surface area contributed by atoms with Crippen LogP contribution in [0.1, 0.15) is 6.42 Å². The molecule has 0 amide bonds. The van der Waals surface area contributed by atoms with E-state index in [4.69, 9.17) is 10.7 Å². The lowest BCUT2D eigenvalue weighted by Gasteiger charge is -1.95. The fourth-order valence-corrected chi connectivity index (χ4v) is 3.29. The Kier molecular flexibility index (Phi) is 2.16. The number of fused-ring (bicyclic) bond motifs is 4. The van der Waals surface area contributed by atoms with Gasteiger partial charge in [0.15, 0.2) is 0 Å². The van der Waals surface area contributed by atoms with E-state index in [0.29, 0.717) is 5.82 Å². The number of nitrogens with zero attached hydrogens (tertiary/aromatic N) is 3. The molecule has 0 unspecified atom stereocenters. The van der Waals surface area contributed by atoms with Crippen LogP contribution in [0.4, 0.5) is 0 Å². The molecule has 0 saturated carbocycles. The van der Waals surface area contributed by atoms with Crippen LogP contribution in [0.2, 0.25) is 0 Å². The Morgan fingerprint density at radius 3 is 2.74 bits per heavy atom. The van der Waals surface area contributed by atoms with Crippen molar-refractivity contribution in [1.82, 2.24) is 9.97 Å². The summed E-state index contributed by atoms with van der Waals surface area (Å²) in [7, 11) is 0. The SMILES string of the molecule is NC1=c2sc3nc4ccccc4nc3c2=CCC=N1. The van der Waals surface area contributed by atoms with Crippen molar-refractivity contribution in [1.29, 1.82) is 0 Å². The molecule has 3 heterocycles. The number of rotatable bonds is 0. The summed E-state index contributed by atoms with van der Waals surface area (Å²) < 4.78 is 0.971. The molecule has 0 bridgehead atoms. The summed E-state index contributed by atoms with van der Waals surface area (Å²) in [4.78, 5) is 14.5. The van der Waals surface area contributed by atoms with E-state index in [1.807, 2.05) is 30.5 Å². The second kappa shape index (κ2) is 3.86. The van der Waals surface area contributed by atoms with Gasteiger partial charge in [0.05, 0.1) is 15.6 Å². The van der Waals surface area contributed by atoms with Crippen LogP contribution >= 0.6 is 11.3 Å². The van der Waals surface area contributed by atoms with Crippen molar-refractivity contribution < 1.29 is 0 Å². The van der Waals surface area contributed by atoms with Gasteiger partial charge in [-0.25, -0.2) is 15.0 Å². The van der Waals surface area contributed by atoms with Gasteiger partial charge in [0.25, 0.3) is 0 Å². The number of aromatic nitrogens is 2. The van der Waals surface area contributed by atoms with Crippen LogP contribution in [0.25, 0.3) is 33.3 Å². The van der Waals surface area contributed by atoms with Crippen molar-refractivity contribution in [3.05, 3.63) is 34.0 Å². The standard InChI is InChI=1S/C14H10N4S/c15-13-12-8(4-3-7-16-13)11-14(19-12)18-10-6-2-1-5-9(10)17-11/h1-2,4-7H,3,15H2. The van der Waals surface area contributed by atoms with E-state index >= 15 is 0 Å². The Labute approximate surface area is 112 Å². The predicted molar refractivity (Wildman–Crippen MR) is 79.3 cm³/mol. The van der Waals surface area contributed by atoms with Crippen LogP contribution in [0.15, 0.2) is 29.3 Å². The van der Waals surface area contributed by atoms with E-state index in [1.165, 1.54) is 0 Å². The molecule has 3 aromatic rings. The first kappa shape index (κ1) is 10.6. The predicted octanol–water partition coefficient (Wildman–Crippen LogP) is 1.12. The molecule has 92 valence electrons. The van der Waals surface area contributed by atoms with E-state index in [-0.39, 0.29) is 0 Å². The first-order chi connectivity index (χ1) is 9.33. The van der Waals surface area contributed by atoms with E-state index < -0.39 is 0 Å². The summed E-state index contributed by atoms with van der Waals surface area (Å²) in [5.74, 6) is 0.553. The molecule has 0 saturated heterocycles. The Balaban J connectivity index is 2.26. The lowest BCUT2D eigenvalue weighted by atomic mass is 10.2. The van der Waals surface area contributed by atoms with E-state index in [0.717, 1.165) is 37.6 Å². The van der Waals surface area contributed by atoms with Crippen LogP contribution in [0, 0.1) is 0 Å². The van der Waals surface area contributed by atoms with E-state index in [9.17, 15) is 0 Å².